The fourth-order valence-corrected chi connectivity index (χ4v) is 2.22. The highest BCUT2D eigenvalue weighted by atomic mass is 16.5. The van der Waals surface area contributed by atoms with Crippen molar-refractivity contribution < 1.29 is 4.74 Å². The second-order valence-corrected chi connectivity index (χ2v) is 5.20. The fraction of sp³-hybridized carbons (Fsp3) is 0.412. The lowest BCUT2D eigenvalue weighted by molar-refractivity contribution is 0.199. The van der Waals surface area contributed by atoms with Gasteiger partial charge in [0.15, 0.2) is 0 Å². The van der Waals surface area contributed by atoms with E-state index in [1.807, 2.05) is 23.7 Å². The summed E-state index contributed by atoms with van der Waals surface area (Å²) < 4.78 is 6.79. The molecule has 1 aromatic carbocycles. The van der Waals surface area contributed by atoms with E-state index in [0.717, 1.165) is 17.8 Å². The zero-order valence-electron chi connectivity index (χ0n) is 13.4. The number of hydrogen-bond donors (Lipinski definition) is 1. The summed E-state index contributed by atoms with van der Waals surface area (Å²) in [5.41, 5.74) is 3.55. The highest BCUT2D eigenvalue weighted by molar-refractivity contribution is 5.35. The maximum absolute atomic E-state index is 12.0. The number of hydrogen-bond acceptors (Lipinski definition) is 4. The molecule has 22 heavy (non-hydrogen) atoms. The van der Waals surface area contributed by atoms with Crippen LogP contribution in [-0.2, 0) is 17.7 Å². The highest BCUT2D eigenvalue weighted by Gasteiger charge is 2.07. The molecular weight excluding hydrogens is 278 g/mol. The molecule has 0 amide bonds. The van der Waals surface area contributed by atoms with Gasteiger partial charge in [0.1, 0.15) is 5.69 Å². The maximum atomic E-state index is 12.0. The minimum Gasteiger partial charge on any atom is -0.383 e. The normalized spacial score (nSPS) is 10.9. The summed E-state index contributed by atoms with van der Waals surface area (Å²) >= 11 is 0. The molecule has 0 aliphatic carbocycles. The summed E-state index contributed by atoms with van der Waals surface area (Å²) in [7, 11) is 1.65. The highest BCUT2D eigenvalue weighted by Crippen LogP contribution is 2.11. The van der Waals surface area contributed by atoms with E-state index in [4.69, 9.17) is 4.74 Å². The first-order valence-electron chi connectivity index (χ1n) is 7.54. The van der Waals surface area contributed by atoms with Gasteiger partial charge in [-0.05, 0) is 31.0 Å². The van der Waals surface area contributed by atoms with Gasteiger partial charge in [-0.2, -0.15) is 5.10 Å². The first-order valence-corrected chi connectivity index (χ1v) is 7.54. The van der Waals surface area contributed by atoms with E-state index in [9.17, 15) is 4.79 Å². The van der Waals surface area contributed by atoms with Crippen molar-refractivity contribution in [3.8, 4) is 5.69 Å². The van der Waals surface area contributed by atoms with E-state index < -0.39 is 0 Å². The Morgan fingerprint density at radius 1 is 1.27 bits per heavy atom. The maximum Gasteiger partial charge on any atom is 0.204 e. The number of nitrogens with zero attached hydrogens (tertiary/aromatic N) is 2. The van der Waals surface area contributed by atoms with Crippen LogP contribution in [0.2, 0.25) is 0 Å². The molecule has 0 spiro atoms. The molecule has 0 aliphatic rings. The van der Waals surface area contributed by atoms with Gasteiger partial charge in [0.05, 0.1) is 12.3 Å². The molecule has 0 bridgehead atoms. The van der Waals surface area contributed by atoms with Crippen LogP contribution in [0.4, 0.5) is 0 Å². The molecular formula is C17H23N3O2. The van der Waals surface area contributed by atoms with Crippen LogP contribution in [0.1, 0.15) is 23.9 Å². The van der Waals surface area contributed by atoms with E-state index in [2.05, 4.69) is 29.5 Å². The minimum absolute atomic E-state index is 0.0381. The lowest BCUT2D eigenvalue weighted by Crippen LogP contribution is -2.26. The van der Waals surface area contributed by atoms with Crippen LogP contribution in [0.3, 0.4) is 0 Å². The molecule has 0 saturated heterocycles. The van der Waals surface area contributed by atoms with E-state index in [1.54, 1.807) is 13.2 Å². The largest absolute Gasteiger partial charge is 0.383 e. The van der Waals surface area contributed by atoms with Crippen LogP contribution in [0.15, 0.2) is 35.1 Å². The van der Waals surface area contributed by atoms with Crippen LogP contribution in [-0.4, -0.2) is 30.0 Å². The van der Waals surface area contributed by atoms with Crippen molar-refractivity contribution >= 4 is 0 Å². The summed E-state index contributed by atoms with van der Waals surface area (Å²) in [6.45, 7) is 5.76. The van der Waals surface area contributed by atoms with Crippen LogP contribution in [0.25, 0.3) is 5.69 Å². The average molecular weight is 301 g/mol. The number of rotatable bonds is 7. The number of aryl methyl sites for hydroxylation is 2. The Kier molecular flexibility index (Phi) is 5.86. The molecule has 1 N–H and O–H groups in total. The number of benzene rings is 1. The van der Waals surface area contributed by atoms with Gasteiger partial charge in [-0.1, -0.05) is 19.1 Å². The molecule has 1 aromatic heterocycles. The van der Waals surface area contributed by atoms with Crippen LogP contribution >= 0.6 is 0 Å². The van der Waals surface area contributed by atoms with Gasteiger partial charge >= 0.3 is 0 Å². The quantitative estimate of drug-likeness (QED) is 0.793. The van der Waals surface area contributed by atoms with E-state index in [-0.39, 0.29) is 5.43 Å². The van der Waals surface area contributed by atoms with Gasteiger partial charge in [0.25, 0.3) is 0 Å². The SMILES string of the molecule is CCc1ccc(-n2nc(CNCCOC)c(=O)cc2C)cc1. The molecule has 0 radical (unpaired) electrons. The Balaban J connectivity index is 2.25. The Morgan fingerprint density at radius 3 is 2.64 bits per heavy atom. The first kappa shape index (κ1) is 16.4. The van der Waals surface area contributed by atoms with E-state index >= 15 is 0 Å². The lowest BCUT2D eigenvalue weighted by atomic mass is 10.1. The number of ether oxygens (including phenoxy) is 1. The third kappa shape index (κ3) is 4.02. The smallest absolute Gasteiger partial charge is 0.204 e. The molecule has 1 heterocycles. The van der Waals surface area contributed by atoms with Gasteiger partial charge in [-0.3, -0.25) is 4.79 Å². The molecule has 0 saturated carbocycles. The third-order valence-electron chi connectivity index (χ3n) is 3.54. The Hall–Kier alpha value is -1.98. The second kappa shape index (κ2) is 7.87. The molecule has 0 aliphatic heterocycles. The summed E-state index contributed by atoms with van der Waals surface area (Å²) in [5.74, 6) is 0. The number of aromatic nitrogens is 2. The fourth-order valence-electron chi connectivity index (χ4n) is 2.22. The summed E-state index contributed by atoms with van der Waals surface area (Å²) in [5, 5.41) is 7.66. The predicted molar refractivity (Wildman–Crippen MR) is 87.5 cm³/mol. The van der Waals surface area contributed by atoms with Crippen molar-refractivity contribution in [1.29, 1.82) is 0 Å². The molecule has 2 aromatic rings. The molecule has 0 atom stereocenters. The van der Waals surface area contributed by atoms with Gasteiger partial charge < -0.3 is 10.1 Å². The molecule has 0 fully saturated rings. The number of methoxy groups -OCH3 is 1. The van der Waals surface area contributed by atoms with Gasteiger partial charge in [0.2, 0.25) is 5.43 Å². The Morgan fingerprint density at radius 2 is 2.00 bits per heavy atom. The van der Waals surface area contributed by atoms with Crippen molar-refractivity contribution in [3.63, 3.8) is 0 Å². The van der Waals surface area contributed by atoms with E-state index in [0.29, 0.717) is 25.4 Å². The monoisotopic (exact) mass is 301 g/mol. The summed E-state index contributed by atoms with van der Waals surface area (Å²) in [6.07, 6.45) is 1.01. The van der Waals surface area contributed by atoms with Crippen molar-refractivity contribution in [3.05, 3.63) is 57.5 Å². The van der Waals surface area contributed by atoms with Gasteiger partial charge in [-0.25, -0.2) is 4.68 Å². The van der Waals surface area contributed by atoms with Crippen LogP contribution in [0.5, 0.6) is 0 Å². The molecule has 118 valence electrons. The van der Waals surface area contributed by atoms with Crippen molar-refractivity contribution in [1.82, 2.24) is 15.1 Å². The van der Waals surface area contributed by atoms with Crippen LogP contribution < -0.4 is 10.7 Å². The molecule has 0 unspecified atom stereocenters. The van der Waals surface area contributed by atoms with Gasteiger partial charge in [0, 0.05) is 32.0 Å². The van der Waals surface area contributed by atoms with E-state index in [1.165, 1.54) is 5.56 Å². The third-order valence-corrected chi connectivity index (χ3v) is 3.54. The summed E-state index contributed by atoms with van der Waals surface area (Å²) in [6, 6.07) is 9.88. The van der Waals surface area contributed by atoms with Crippen molar-refractivity contribution in [2.45, 2.75) is 26.8 Å². The second-order valence-electron chi connectivity index (χ2n) is 5.20. The minimum atomic E-state index is -0.0381. The standard InChI is InChI=1S/C17H23N3O2/c1-4-14-5-7-15(8-6-14)20-13(2)11-17(21)16(19-20)12-18-9-10-22-3/h5-8,11,18H,4,9-10,12H2,1-3H3. The molecule has 2 rings (SSSR count). The lowest BCUT2D eigenvalue weighted by Gasteiger charge is -2.12. The first-order chi connectivity index (χ1) is 10.7. The zero-order chi connectivity index (χ0) is 15.9. The van der Waals surface area contributed by atoms with Crippen molar-refractivity contribution in [2.24, 2.45) is 0 Å². The Bertz CT molecular complexity index is 663. The summed E-state index contributed by atoms with van der Waals surface area (Å²) in [4.78, 5) is 12.0. The van der Waals surface area contributed by atoms with Crippen molar-refractivity contribution in [2.75, 3.05) is 20.3 Å². The topological polar surface area (TPSA) is 56.1 Å². The molecule has 5 nitrogen and oxygen atoms in total. The predicted octanol–water partition coefficient (Wildman–Crippen LogP) is 1.84. The zero-order valence-corrected chi connectivity index (χ0v) is 13.4. The number of nitrogens with one attached hydrogen (secondary N) is 1. The Labute approximate surface area is 130 Å². The van der Waals surface area contributed by atoms with Gasteiger partial charge in [-0.15, -0.1) is 0 Å². The average Bonchev–Trinajstić information content (AvgIpc) is 2.53. The van der Waals surface area contributed by atoms with Crippen LogP contribution in [0, 0.1) is 6.92 Å². The molecule has 5 heteroatoms.